The van der Waals surface area contributed by atoms with Gasteiger partial charge in [0.25, 0.3) is 10.0 Å². The first-order valence-corrected chi connectivity index (χ1v) is 6.15. The van der Waals surface area contributed by atoms with Crippen LogP contribution in [0.4, 0.5) is 5.69 Å². The van der Waals surface area contributed by atoms with Gasteiger partial charge in [0.05, 0.1) is 18.2 Å². The molecule has 2 N–H and O–H groups in total. The van der Waals surface area contributed by atoms with E-state index in [-0.39, 0.29) is 5.03 Å². The molecule has 0 spiro atoms. The number of nitrogens with one attached hydrogen (secondary N) is 2. The van der Waals surface area contributed by atoms with E-state index in [0.717, 1.165) is 5.56 Å². The van der Waals surface area contributed by atoms with Gasteiger partial charge < -0.3 is 4.98 Å². The molecule has 0 unspecified atom stereocenters. The van der Waals surface area contributed by atoms with Crippen molar-refractivity contribution >= 4 is 15.7 Å². The standard InChI is InChI=1S/C10H11N3O2S/c1-8-4-2-3-5-9(8)13-16(14,15)10-6-11-7-12-10/h2-7,13H,1H3,(H,11,12). The number of rotatable bonds is 3. The Morgan fingerprint density at radius 3 is 2.69 bits per heavy atom. The van der Waals surface area contributed by atoms with Gasteiger partial charge in [-0.2, -0.15) is 8.42 Å². The van der Waals surface area contributed by atoms with Crippen LogP contribution in [0, 0.1) is 6.92 Å². The predicted octanol–water partition coefficient (Wildman–Crippen LogP) is 1.52. The van der Waals surface area contributed by atoms with E-state index in [1.807, 2.05) is 19.1 Å². The average Bonchev–Trinajstić information content (AvgIpc) is 2.75. The van der Waals surface area contributed by atoms with Crippen molar-refractivity contribution in [3.63, 3.8) is 0 Å². The number of nitrogens with zero attached hydrogens (tertiary/aromatic N) is 1. The van der Waals surface area contributed by atoms with E-state index in [2.05, 4.69) is 14.7 Å². The number of aromatic nitrogens is 2. The first kappa shape index (κ1) is 10.7. The fraction of sp³-hybridized carbons (Fsp3) is 0.100. The lowest BCUT2D eigenvalue weighted by molar-refractivity contribution is 0.598. The molecule has 0 saturated heterocycles. The summed E-state index contributed by atoms with van der Waals surface area (Å²) in [5.41, 5.74) is 1.43. The van der Waals surface area contributed by atoms with Gasteiger partial charge in [-0.3, -0.25) is 4.72 Å². The van der Waals surface area contributed by atoms with Gasteiger partial charge in [-0.15, -0.1) is 0 Å². The topological polar surface area (TPSA) is 74.8 Å². The van der Waals surface area contributed by atoms with Gasteiger partial charge in [-0.25, -0.2) is 4.98 Å². The highest BCUT2D eigenvalue weighted by molar-refractivity contribution is 7.92. The average molecular weight is 237 g/mol. The maximum absolute atomic E-state index is 11.8. The van der Waals surface area contributed by atoms with Gasteiger partial charge in [0.1, 0.15) is 0 Å². The summed E-state index contributed by atoms with van der Waals surface area (Å²) in [5, 5.41) is 0.0516. The molecule has 1 aromatic carbocycles. The molecule has 0 saturated carbocycles. The second kappa shape index (κ2) is 3.97. The number of sulfonamides is 1. The van der Waals surface area contributed by atoms with Crippen molar-refractivity contribution in [1.82, 2.24) is 9.97 Å². The molecule has 0 fully saturated rings. The van der Waals surface area contributed by atoms with E-state index in [1.54, 1.807) is 12.1 Å². The van der Waals surface area contributed by atoms with E-state index >= 15 is 0 Å². The summed E-state index contributed by atoms with van der Waals surface area (Å²) < 4.78 is 26.2. The Labute approximate surface area is 93.6 Å². The molecular weight excluding hydrogens is 226 g/mol. The van der Waals surface area contributed by atoms with E-state index < -0.39 is 10.0 Å². The van der Waals surface area contributed by atoms with E-state index in [9.17, 15) is 8.42 Å². The molecular formula is C10H11N3O2S. The fourth-order valence-electron chi connectivity index (χ4n) is 1.28. The Morgan fingerprint density at radius 1 is 1.31 bits per heavy atom. The van der Waals surface area contributed by atoms with Gasteiger partial charge in [0.2, 0.25) is 0 Å². The molecule has 0 atom stereocenters. The highest BCUT2D eigenvalue weighted by Crippen LogP contribution is 2.17. The minimum atomic E-state index is -3.56. The minimum absolute atomic E-state index is 0.0516. The monoisotopic (exact) mass is 237 g/mol. The fourth-order valence-corrected chi connectivity index (χ4v) is 2.31. The molecule has 2 rings (SSSR count). The van der Waals surface area contributed by atoms with Gasteiger partial charge in [-0.1, -0.05) is 18.2 Å². The lowest BCUT2D eigenvalue weighted by Crippen LogP contribution is -2.13. The van der Waals surface area contributed by atoms with Gasteiger partial charge >= 0.3 is 0 Å². The van der Waals surface area contributed by atoms with Crippen molar-refractivity contribution in [2.24, 2.45) is 0 Å². The van der Waals surface area contributed by atoms with Crippen molar-refractivity contribution in [1.29, 1.82) is 0 Å². The number of H-pyrrole nitrogens is 1. The molecule has 0 aliphatic rings. The largest absolute Gasteiger partial charge is 0.334 e. The summed E-state index contributed by atoms with van der Waals surface area (Å²) in [6.07, 6.45) is 2.59. The lowest BCUT2D eigenvalue weighted by Gasteiger charge is -2.08. The van der Waals surface area contributed by atoms with Crippen LogP contribution in [0.2, 0.25) is 0 Å². The molecule has 6 heteroatoms. The van der Waals surface area contributed by atoms with Gasteiger partial charge in [0, 0.05) is 0 Å². The number of hydrogen-bond acceptors (Lipinski definition) is 3. The molecule has 16 heavy (non-hydrogen) atoms. The van der Waals surface area contributed by atoms with Crippen LogP contribution in [0.5, 0.6) is 0 Å². The highest BCUT2D eigenvalue weighted by Gasteiger charge is 2.15. The molecule has 0 aliphatic carbocycles. The second-order valence-corrected chi connectivity index (χ2v) is 4.99. The van der Waals surface area contributed by atoms with Crippen molar-refractivity contribution in [3.05, 3.63) is 42.4 Å². The Bertz CT molecular complexity index is 576. The minimum Gasteiger partial charge on any atom is -0.334 e. The Kier molecular flexibility index (Phi) is 2.66. The van der Waals surface area contributed by atoms with Crippen LogP contribution >= 0.6 is 0 Å². The molecule has 0 aliphatic heterocycles. The van der Waals surface area contributed by atoms with E-state index in [1.165, 1.54) is 12.5 Å². The summed E-state index contributed by atoms with van der Waals surface area (Å²) >= 11 is 0. The number of benzene rings is 1. The van der Waals surface area contributed by atoms with Crippen LogP contribution in [-0.4, -0.2) is 18.4 Å². The number of aromatic amines is 1. The van der Waals surface area contributed by atoms with Crippen LogP contribution in [0.1, 0.15) is 5.56 Å². The van der Waals surface area contributed by atoms with E-state index in [0.29, 0.717) is 5.69 Å². The molecule has 5 nitrogen and oxygen atoms in total. The Morgan fingerprint density at radius 2 is 2.06 bits per heavy atom. The van der Waals surface area contributed by atoms with Gasteiger partial charge in [-0.05, 0) is 18.6 Å². The third-order valence-corrected chi connectivity index (χ3v) is 3.44. The van der Waals surface area contributed by atoms with Crippen LogP contribution in [-0.2, 0) is 10.0 Å². The first-order valence-electron chi connectivity index (χ1n) is 4.66. The predicted molar refractivity (Wildman–Crippen MR) is 60.6 cm³/mol. The molecule has 84 valence electrons. The SMILES string of the molecule is Cc1ccccc1NS(=O)(=O)c1cnc[nH]1. The molecule has 1 heterocycles. The van der Waals surface area contributed by atoms with Crippen molar-refractivity contribution in [3.8, 4) is 0 Å². The maximum Gasteiger partial charge on any atom is 0.278 e. The number of hydrogen-bond donors (Lipinski definition) is 2. The maximum atomic E-state index is 11.8. The molecule has 0 amide bonds. The molecule has 1 aromatic heterocycles. The van der Waals surface area contributed by atoms with Crippen molar-refractivity contribution < 1.29 is 8.42 Å². The quantitative estimate of drug-likeness (QED) is 0.849. The smallest absolute Gasteiger partial charge is 0.278 e. The normalized spacial score (nSPS) is 11.3. The third kappa shape index (κ3) is 2.06. The van der Waals surface area contributed by atoms with Crippen LogP contribution in [0.3, 0.4) is 0 Å². The summed E-state index contributed by atoms with van der Waals surface area (Å²) in [6.45, 7) is 1.84. The Hall–Kier alpha value is -1.82. The van der Waals surface area contributed by atoms with Crippen molar-refractivity contribution in [2.45, 2.75) is 11.9 Å². The summed E-state index contributed by atoms with van der Waals surface area (Å²) in [5.74, 6) is 0. The van der Waals surface area contributed by atoms with Crippen LogP contribution in [0.25, 0.3) is 0 Å². The zero-order valence-corrected chi connectivity index (χ0v) is 9.45. The number of para-hydroxylation sites is 1. The summed E-state index contributed by atoms with van der Waals surface area (Å²) in [7, 11) is -3.56. The zero-order chi connectivity index (χ0) is 11.6. The molecule has 2 aromatic rings. The molecule has 0 radical (unpaired) electrons. The number of imidazole rings is 1. The zero-order valence-electron chi connectivity index (χ0n) is 8.64. The first-order chi connectivity index (χ1) is 7.59. The third-order valence-electron chi connectivity index (χ3n) is 2.15. The van der Waals surface area contributed by atoms with Crippen molar-refractivity contribution in [2.75, 3.05) is 4.72 Å². The van der Waals surface area contributed by atoms with Gasteiger partial charge in [0.15, 0.2) is 5.03 Å². The Balaban J connectivity index is 2.33. The lowest BCUT2D eigenvalue weighted by atomic mass is 10.2. The highest BCUT2D eigenvalue weighted by atomic mass is 32.2. The second-order valence-electron chi connectivity index (χ2n) is 3.34. The van der Waals surface area contributed by atoms with Crippen LogP contribution < -0.4 is 4.72 Å². The molecule has 0 bridgehead atoms. The number of anilines is 1. The van der Waals surface area contributed by atoms with E-state index in [4.69, 9.17) is 0 Å². The summed E-state index contributed by atoms with van der Waals surface area (Å²) in [6, 6.07) is 7.18. The number of aryl methyl sites for hydroxylation is 1. The van der Waals surface area contributed by atoms with Crippen LogP contribution in [0.15, 0.2) is 41.8 Å². The summed E-state index contributed by atoms with van der Waals surface area (Å²) in [4.78, 5) is 6.23.